The molecule has 0 spiro atoms. The van der Waals surface area contributed by atoms with Crippen LogP contribution < -0.4 is 5.32 Å². The van der Waals surface area contributed by atoms with Crippen LogP contribution in [0.3, 0.4) is 0 Å². The van der Waals surface area contributed by atoms with E-state index in [1.807, 2.05) is 11.8 Å². The summed E-state index contributed by atoms with van der Waals surface area (Å²) in [5.74, 6) is 1.17. The highest BCUT2D eigenvalue weighted by atomic mass is 32.2. The van der Waals surface area contributed by atoms with E-state index in [1.165, 1.54) is 12.2 Å². The molecule has 4 nitrogen and oxygen atoms in total. The third-order valence-corrected chi connectivity index (χ3v) is 3.80. The van der Waals surface area contributed by atoms with Crippen LogP contribution in [0, 0.1) is 0 Å². The maximum Gasteiger partial charge on any atom is 0.245 e. The minimum Gasteiger partial charge on any atom is -0.343 e. The summed E-state index contributed by atoms with van der Waals surface area (Å²) < 4.78 is 0. The minimum absolute atomic E-state index is 0.0405. The first-order valence-electron chi connectivity index (χ1n) is 6.17. The van der Waals surface area contributed by atoms with Gasteiger partial charge in [-0.05, 0) is 38.7 Å². The summed E-state index contributed by atoms with van der Waals surface area (Å²) in [6.07, 6.45) is 5.38. The van der Waals surface area contributed by atoms with Crippen molar-refractivity contribution >= 4 is 23.6 Å². The number of piperazine rings is 1. The lowest BCUT2D eigenvalue weighted by molar-refractivity contribution is -0.148. The van der Waals surface area contributed by atoms with E-state index in [0.717, 1.165) is 12.8 Å². The van der Waals surface area contributed by atoms with Gasteiger partial charge < -0.3 is 10.2 Å². The average molecular weight is 258 g/mol. The number of rotatable bonds is 6. The zero-order valence-electron chi connectivity index (χ0n) is 10.9. The lowest BCUT2D eigenvalue weighted by Crippen LogP contribution is -2.61. The number of unbranched alkanes of at least 4 members (excludes halogenated alkanes) is 2. The largest absolute Gasteiger partial charge is 0.343 e. The molecule has 1 heterocycles. The molecule has 0 aromatic heterocycles. The molecule has 2 amide bonds. The van der Waals surface area contributed by atoms with Crippen LogP contribution in [0.15, 0.2) is 0 Å². The van der Waals surface area contributed by atoms with Crippen LogP contribution in [0.4, 0.5) is 0 Å². The molecule has 1 saturated heterocycles. The van der Waals surface area contributed by atoms with Gasteiger partial charge in [0.05, 0.1) is 0 Å². The molecule has 0 saturated carbocycles. The highest BCUT2D eigenvalue weighted by Gasteiger charge is 2.34. The molecule has 0 aliphatic carbocycles. The Morgan fingerprint density at radius 3 is 2.59 bits per heavy atom. The first-order chi connectivity index (χ1) is 8.07. The smallest absolute Gasteiger partial charge is 0.245 e. The number of nitrogens with zero attached hydrogens (tertiary/aromatic N) is 1. The van der Waals surface area contributed by atoms with Gasteiger partial charge in [0, 0.05) is 6.54 Å². The average Bonchev–Trinajstić information content (AvgIpc) is 2.30. The van der Waals surface area contributed by atoms with Crippen LogP contribution in [-0.2, 0) is 9.59 Å². The highest BCUT2D eigenvalue weighted by molar-refractivity contribution is 7.98. The number of nitrogens with one attached hydrogen (secondary N) is 1. The summed E-state index contributed by atoms with van der Waals surface area (Å²) in [4.78, 5) is 25.2. The number of amides is 2. The van der Waals surface area contributed by atoms with Gasteiger partial charge in [0.2, 0.25) is 11.8 Å². The minimum atomic E-state index is -0.370. The van der Waals surface area contributed by atoms with Crippen molar-refractivity contribution in [2.45, 2.75) is 45.2 Å². The van der Waals surface area contributed by atoms with Crippen molar-refractivity contribution in [2.75, 3.05) is 18.6 Å². The van der Waals surface area contributed by atoms with Crippen LogP contribution in [0.25, 0.3) is 0 Å². The zero-order chi connectivity index (χ0) is 12.8. The Labute approximate surface area is 108 Å². The van der Waals surface area contributed by atoms with Crippen molar-refractivity contribution in [1.29, 1.82) is 0 Å². The molecule has 0 aromatic rings. The predicted octanol–water partition coefficient (Wildman–Crippen LogP) is 1.26. The molecule has 1 N–H and O–H groups in total. The van der Waals surface area contributed by atoms with Crippen molar-refractivity contribution < 1.29 is 9.59 Å². The second-order valence-corrected chi connectivity index (χ2v) is 5.48. The van der Waals surface area contributed by atoms with Crippen LogP contribution >= 0.6 is 11.8 Å². The van der Waals surface area contributed by atoms with Gasteiger partial charge in [-0.2, -0.15) is 11.8 Å². The molecule has 5 heteroatoms. The SMILES string of the molecule is CSCCCCCN1C(=O)C(C)NC(=O)C1C. The van der Waals surface area contributed by atoms with Crippen molar-refractivity contribution in [2.24, 2.45) is 0 Å². The lowest BCUT2D eigenvalue weighted by Gasteiger charge is -2.36. The van der Waals surface area contributed by atoms with Gasteiger partial charge in [-0.1, -0.05) is 6.42 Å². The quantitative estimate of drug-likeness (QED) is 0.730. The van der Waals surface area contributed by atoms with E-state index in [4.69, 9.17) is 0 Å². The Hall–Kier alpha value is -0.710. The van der Waals surface area contributed by atoms with Crippen LogP contribution in [0.1, 0.15) is 33.1 Å². The molecular formula is C12H22N2O2S. The highest BCUT2D eigenvalue weighted by Crippen LogP contribution is 2.12. The standard InChI is InChI=1S/C12H22N2O2S/c1-9-12(16)14(10(2)11(15)13-9)7-5-4-6-8-17-3/h9-10H,4-8H2,1-3H3,(H,13,15). The summed E-state index contributed by atoms with van der Waals surface area (Å²) in [7, 11) is 0. The second-order valence-electron chi connectivity index (χ2n) is 4.49. The van der Waals surface area contributed by atoms with Gasteiger partial charge in [0.15, 0.2) is 0 Å². The number of hydrogen-bond donors (Lipinski definition) is 1. The maximum absolute atomic E-state index is 11.9. The summed E-state index contributed by atoms with van der Waals surface area (Å²) in [5, 5.41) is 2.69. The van der Waals surface area contributed by atoms with E-state index >= 15 is 0 Å². The molecular weight excluding hydrogens is 236 g/mol. The number of carbonyl (C=O) groups excluding carboxylic acids is 2. The van der Waals surface area contributed by atoms with Gasteiger partial charge in [0.25, 0.3) is 0 Å². The predicted molar refractivity (Wildman–Crippen MR) is 71.0 cm³/mol. The molecule has 0 bridgehead atoms. The van der Waals surface area contributed by atoms with Crippen molar-refractivity contribution in [3.63, 3.8) is 0 Å². The Morgan fingerprint density at radius 2 is 1.94 bits per heavy atom. The van der Waals surface area contributed by atoms with Gasteiger partial charge in [-0.3, -0.25) is 9.59 Å². The van der Waals surface area contributed by atoms with Crippen LogP contribution in [0.2, 0.25) is 0 Å². The number of thioether (sulfide) groups is 1. The molecule has 2 unspecified atom stereocenters. The van der Waals surface area contributed by atoms with E-state index in [2.05, 4.69) is 11.6 Å². The molecule has 1 aliphatic rings. The molecule has 98 valence electrons. The maximum atomic E-state index is 11.9. The van der Waals surface area contributed by atoms with E-state index < -0.39 is 0 Å². The Kier molecular flexibility index (Phi) is 5.82. The summed E-state index contributed by atoms with van der Waals surface area (Å²) in [6, 6.07) is -0.691. The Morgan fingerprint density at radius 1 is 1.24 bits per heavy atom. The molecule has 0 aromatic carbocycles. The molecule has 0 radical (unpaired) electrons. The zero-order valence-corrected chi connectivity index (χ0v) is 11.7. The van der Waals surface area contributed by atoms with Crippen molar-refractivity contribution in [3.8, 4) is 0 Å². The van der Waals surface area contributed by atoms with Gasteiger partial charge in [-0.15, -0.1) is 0 Å². The Balaban J connectivity index is 2.38. The summed E-state index contributed by atoms with van der Waals surface area (Å²) in [6.45, 7) is 4.24. The van der Waals surface area contributed by atoms with Crippen molar-refractivity contribution in [3.05, 3.63) is 0 Å². The lowest BCUT2D eigenvalue weighted by atomic mass is 10.1. The topological polar surface area (TPSA) is 49.4 Å². The molecule has 1 aliphatic heterocycles. The molecule has 1 fully saturated rings. The number of carbonyl (C=O) groups is 2. The third-order valence-electron chi connectivity index (χ3n) is 3.11. The van der Waals surface area contributed by atoms with Gasteiger partial charge >= 0.3 is 0 Å². The van der Waals surface area contributed by atoms with E-state index in [1.54, 1.807) is 18.7 Å². The fraction of sp³-hybridized carbons (Fsp3) is 0.833. The van der Waals surface area contributed by atoms with Gasteiger partial charge in [-0.25, -0.2) is 0 Å². The first kappa shape index (κ1) is 14.4. The summed E-state index contributed by atoms with van der Waals surface area (Å²) >= 11 is 1.84. The van der Waals surface area contributed by atoms with Crippen LogP contribution in [-0.4, -0.2) is 47.4 Å². The van der Waals surface area contributed by atoms with Crippen molar-refractivity contribution in [1.82, 2.24) is 10.2 Å². The van der Waals surface area contributed by atoms with E-state index in [-0.39, 0.29) is 23.9 Å². The molecule has 2 atom stereocenters. The number of hydrogen-bond acceptors (Lipinski definition) is 3. The van der Waals surface area contributed by atoms with E-state index in [0.29, 0.717) is 6.54 Å². The monoisotopic (exact) mass is 258 g/mol. The van der Waals surface area contributed by atoms with Gasteiger partial charge in [0.1, 0.15) is 12.1 Å². The molecule has 1 rings (SSSR count). The normalized spacial score (nSPS) is 25.0. The first-order valence-corrected chi connectivity index (χ1v) is 7.57. The Bertz CT molecular complexity index is 284. The molecule has 17 heavy (non-hydrogen) atoms. The third kappa shape index (κ3) is 3.91. The fourth-order valence-electron chi connectivity index (χ4n) is 1.99. The fourth-order valence-corrected chi connectivity index (χ4v) is 2.48. The van der Waals surface area contributed by atoms with E-state index in [9.17, 15) is 9.59 Å². The second kappa shape index (κ2) is 6.89. The summed E-state index contributed by atoms with van der Waals surface area (Å²) in [5.41, 5.74) is 0. The van der Waals surface area contributed by atoms with Crippen LogP contribution in [0.5, 0.6) is 0 Å².